The highest BCUT2D eigenvalue weighted by Crippen LogP contribution is 2.11. The van der Waals surface area contributed by atoms with E-state index < -0.39 is 18.0 Å². The van der Waals surface area contributed by atoms with Gasteiger partial charge in [0, 0.05) is 6.42 Å². The molecule has 0 aliphatic heterocycles. The maximum Gasteiger partial charge on any atom is 0.338 e. The molecule has 222 valence electrons. The van der Waals surface area contributed by atoms with Gasteiger partial charge in [-0.3, -0.25) is 4.79 Å². The lowest BCUT2D eigenvalue weighted by molar-refractivity contribution is -0.147. The number of rotatable bonds is 21. The molecule has 0 unspecified atom stereocenters. The second-order valence-corrected chi connectivity index (χ2v) is 10.0. The summed E-state index contributed by atoms with van der Waals surface area (Å²) >= 11 is 0. The molecule has 0 spiro atoms. The number of carbonyl (C=O) groups is 3. The van der Waals surface area contributed by atoms with Crippen molar-refractivity contribution in [2.24, 2.45) is 0 Å². The molecule has 0 heterocycles. The summed E-state index contributed by atoms with van der Waals surface area (Å²) in [5, 5.41) is 0. The molecular weight excluding hydrogens is 516 g/mol. The van der Waals surface area contributed by atoms with Crippen molar-refractivity contribution in [3.63, 3.8) is 0 Å². The predicted molar refractivity (Wildman–Crippen MR) is 163 cm³/mol. The second kappa shape index (κ2) is 22.1. The van der Waals surface area contributed by atoms with Crippen LogP contribution in [0.5, 0.6) is 0 Å². The Bertz CT molecular complexity index is 1040. The van der Waals surface area contributed by atoms with Crippen LogP contribution in [0.2, 0.25) is 0 Å². The minimum atomic E-state index is -0.913. The molecule has 41 heavy (non-hydrogen) atoms. The van der Waals surface area contributed by atoms with Crippen LogP contribution >= 0.6 is 0 Å². The molecule has 2 aromatic rings. The Hall–Kier alpha value is -3.67. The number of esters is 3. The molecule has 0 radical (unpaired) electrons. The number of ether oxygens (including phenoxy) is 3. The van der Waals surface area contributed by atoms with Crippen LogP contribution in [0.3, 0.4) is 0 Å². The van der Waals surface area contributed by atoms with Gasteiger partial charge in [-0.15, -0.1) is 0 Å². The van der Waals surface area contributed by atoms with E-state index in [2.05, 4.69) is 31.2 Å². The van der Waals surface area contributed by atoms with E-state index in [0.29, 0.717) is 17.5 Å². The van der Waals surface area contributed by atoms with Crippen molar-refractivity contribution in [1.82, 2.24) is 0 Å². The zero-order chi connectivity index (χ0) is 29.4. The highest BCUT2D eigenvalue weighted by atomic mass is 16.6. The lowest BCUT2D eigenvalue weighted by atomic mass is 10.1. The maximum atomic E-state index is 12.5. The second-order valence-electron chi connectivity index (χ2n) is 10.0. The van der Waals surface area contributed by atoms with Crippen molar-refractivity contribution >= 4 is 17.9 Å². The summed E-state index contributed by atoms with van der Waals surface area (Å²) in [6.45, 7) is 1.83. The van der Waals surface area contributed by atoms with Gasteiger partial charge in [0.25, 0.3) is 0 Å². The zero-order valence-electron chi connectivity index (χ0n) is 24.5. The van der Waals surface area contributed by atoms with E-state index in [1.807, 2.05) is 0 Å². The van der Waals surface area contributed by atoms with Crippen LogP contribution in [0.4, 0.5) is 0 Å². The minimum absolute atomic E-state index is 0.181. The van der Waals surface area contributed by atoms with E-state index in [1.165, 1.54) is 25.7 Å². The molecular formula is C35H46O6. The lowest BCUT2D eigenvalue weighted by Gasteiger charge is -2.18. The largest absolute Gasteiger partial charge is 0.462 e. The fourth-order valence-electron chi connectivity index (χ4n) is 4.07. The summed E-state index contributed by atoms with van der Waals surface area (Å²) in [5.74, 6) is -1.47. The van der Waals surface area contributed by atoms with Crippen molar-refractivity contribution in [2.75, 3.05) is 13.2 Å². The summed E-state index contributed by atoms with van der Waals surface area (Å²) in [6.07, 6.45) is 20.6. The van der Waals surface area contributed by atoms with Gasteiger partial charge in [0.1, 0.15) is 13.2 Å². The highest BCUT2D eigenvalue weighted by molar-refractivity contribution is 5.90. The van der Waals surface area contributed by atoms with E-state index >= 15 is 0 Å². The minimum Gasteiger partial charge on any atom is -0.462 e. The summed E-state index contributed by atoms with van der Waals surface area (Å²) < 4.78 is 16.2. The topological polar surface area (TPSA) is 78.9 Å². The van der Waals surface area contributed by atoms with E-state index in [0.717, 1.165) is 44.9 Å². The van der Waals surface area contributed by atoms with E-state index in [4.69, 9.17) is 14.2 Å². The zero-order valence-corrected chi connectivity index (χ0v) is 24.5. The van der Waals surface area contributed by atoms with Crippen LogP contribution in [-0.4, -0.2) is 37.2 Å². The molecule has 0 bridgehead atoms. The third-order valence-corrected chi connectivity index (χ3v) is 6.45. The summed E-state index contributed by atoms with van der Waals surface area (Å²) in [4.78, 5) is 37.2. The summed E-state index contributed by atoms with van der Waals surface area (Å²) in [6, 6.07) is 17.1. The first-order valence-electron chi connectivity index (χ1n) is 15.0. The van der Waals surface area contributed by atoms with Crippen molar-refractivity contribution in [1.29, 1.82) is 0 Å². The van der Waals surface area contributed by atoms with Crippen LogP contribution in [0.1, 0.15) is 105 Å². The van der Waals surface area contributed by atoms with Crippen LogP contribution < -0.4 is 0 Å². The van der Waals surface area contributed by atoms with Crippen LogP contribution in [0, 0.1) is 0 Å². The van der Waals surface area contributed by atoms with E-state index in [-0.39, 0.29) is 19.2 Å². The van der Waals surface area contributed by atoms with Gasteiger partial charge in [0.05, 0.1) is 11.1 Å². The monoisotopic (exact) mass is 562 g/mol. The Balaban J connectivity index is 1.63. The molecule has 2 aromatic carbocycles. The van der Waals surface area contributed by atoms with Gasteiger partial charge >= 0.3 is 17.9 Å². The first-order chi connectivity index (χ1) is 20.1. The normalized spacial score (nSPS) is 11.9. The van der Waals surface area contributed by atoms with Crippen LogP contribution in [0.25, 0.3) is 0 Å². The molecule has 0 amide bonds. The number of hydrogen-bond acceptors (Lipinski definition) is 6. The SMILES string of the molecule is CCCCC/C=C\C/C=C\CCCCCCCC(=O)OC[C@H](COC(=O)c1ccccc1)OC(=O)c1ccccc1. The molecule has 0 aliphatic carbocycles. The Morgan fingerprint density at radius 1 is 0.634 bits per heavy atom. The van der Waals surface area contributed by atoms with E-state index in [9.17, 15) is 14.4 Å². The summed E-state index contributed by atoms with van der Waals surface area (Å²) in [5.41, 5.74) is 0.752. The standard InChI is InChI=1S/C35H46O6/c1-2-3-4-5-6-7-8-9-10-11-12-13-14-15-22-27-33(36)39-28-32(41-35(38)31-25-20-17-21-26-31)29-40-34(37)30-23-18-16-19-24-30/h6-7,9-10,16-21,23-26,32H,2-5,8,11-15,22,27-29H2,1H3/b7-6-,10-9-/t32-/m1/s1. The average Bonchev–Trinajstić information content (AvgIpc) is 3.01. The summed E-state index contributed by atoms with van der Waals surface area (Å²) in [7, 11) is 0. The van der Waals surface area contributed by atoms with Crippen molar-refractivity contribution in [3.05, 3.63) is 96.1 Å². The third-order valence-electron chi connectivity index (χ3n) is 6.45. The van der Waals surface area contributed by atoms with Crippen molar-refractivity contribution < 1.29 is 28.6 Å². The van der Waals surface area contributed by atoms with Gasteiger partial charge in [-0.1, -0.05) is 99.7 Å². The quantitative estimate of drug-likeness (QED) is 0.0657. The van der Waals surface area contributed by atoms with Gasteiger partial charge in [-0.25, -0.2) is 9.59 Å². The fourth-order valence-corrected chi connectivity index (χ4v) is 4.07. The maximum absolute atomic E-state index is 12.5. The van der Waals surface area contributed by atoms with Gasteiger partial charge in [-0.2, -0.15) is 0 Å². The molecule has 2 rings (SSSR count). The Morgan fingerprint density at radius 2 is 1.17 bits per heavy atom. The Morgan fingerprint density at radius 3 is 1.80 bits per heavy atom. The highest BCUT2D eigenvalue weighted by Gasteiger charge is 2.21. The Kier molecular flexibility index (Phi) is 18.1. The molecule has 6 heteroatoms. The molecule has 0 N–H and O–H groups in total. The van der Waals surface area contributed by atoms with Crippen molar-refractivity contribution in [2.45, 2.75) is 90.1 Å². The number of benzene rings is 2. The van der Waals surface area contributed by atoms with E-state index in [1.54, 1.807) is 60.7 Å². The number of hydrogen-bond donors (Lipinski definition) is 0. The molecule has 0 fully saturated rings. The van der Waals surface area contributed by atoms with Gasteiger partial charge in [-0.05, 0) is 62.8 Å². The van der Waals surface area contributed by atoms with Crippen molar-refractivity contribution in [3.8, 4) is 0 Å². The van der Waals surface area contributed by atoms with Gasteiger partial charge < -0.3 is 14.2 Å². The average molecular weight is 563 g/mol. The lowest BCUT2D eigenvalue weighted by Crippen LogP contribution is -2.31. The molecule has 0 saturated heterocycles. The third kappa shape index (κ3) is 16.3. The molecule has 0 aromatic heterocycles. The predicted octanol–water partition coefficient (Wildman–Crippen LogP) is 8.43. The fraction of sp³-hybridized carbons (Fsp3) is 0.457. The molecule has 1 atom stereocenters. The number of carbonyl (C=O) groups excluding carboxylic acids is 3. The molecule has 0 saturated carbocycles. The number of allylic oxidation sites excluding steroid dienone is 4. The molecule has 0 aliphatic rings. The number of unbranched alkanes of at least 4 members (excludes halogenated alkanes) is 8. The van der Waals surface area contributed by atoms with Gasteiger partial charge in [0.15, 0.2) is 6.10 Å². The Labute approximate surface area is 245 Å². The molecule has 6 nitrogen and oxygen atoms in total. The van der Waals surface area contributed by atoms with Crippen LogP contribution in [-0.2, 0) is 19.0 Å². The first-order valence-corrected chi connectivity index (χ1v) is 15.0. The van der Waals surface area contributed by atoms with Gasteiger partial charge in [0.2, 0.25) is 0 Å². The first kappa shape index (κ1) is 33.5. The smallest absolute Gasteiger partial charge is 0.338 e. The van der Waals surface area contributed by atoms with Crippen LogP contribution in [0.15, 0.2) is 85.0 Å².